The highest BCUT2D eigenvalue weighted by molar-refractivity contribution is 5.76. The van der Waals surface area contributed by atoms with Gasteiger partial charge in [0.2, 0.25) is 5.91 Å². The Bertz CT molecular complexity index is 204. The van der Waals surface area contributed by atoms with E-state index in [1.807, 2.05) is 13.8 Å². The van der Waals surface area contributed by atoms with E-state index in [0.29, 0.717) is 25.3 Å². The van der Waals surface area contributed by atoms with Crippen molar-refractivity contribution in [2.24, 2.45) is 17.4 Å². The van der Waals surface area contributed by atoms with Gasteiger partial charge >= 0.3 is 0 Å². The van der Waals surface area contributed by atoms with Gasteiger partial charge in [-0.05, 0) is 26.2 Å². The Balaban J connectivity index is 4.13. The molecule has 0 aliphatic heterocycles. The lowest BCUT2D eigenvalue weighted by molar-refractivity contribution is -0.123. The molecule has 0 aromatic carbocycles. The first-order valence-electron chi connectivity index (χ1n) is 5.58. The number of nitrogens with two attached hydrogens (primary N) is 2. The molecule has 0 aliphatic rings. The molecule has 15 heavy (non-hydrogen) atoms. The maximum atomic E-state index is 11.6. The molecule has 90 valence electrons. The predicted octanol–water partition coefficient (Wildman–Crippen LogP) is 0.603. The normalized spacial score (nSPS) is 17.3. The van der Waals surface area contributed by atoms with Crippen LogP contribution in [0.25, 0.3) is 0 Å². The van der Waals surface area contributed by atoms with Crippen molar-refractivity contribution in [1.82, 2.24) is 5.32 Å². The second-order valence-electron chi connectivity index (χ2n) is 4.84. The van der Waals surface area contributed by atoms with Crippen LogP contribution >= 0.6 is 0 Å². The van der Waals surface area contributed by atoms with Gasteiger partial charge in [-0.15, -0.1) is 0 Å². The molecular formula is C11H25N3O. The minimum atomic E-state index is -0.311. The third-order valence-corrected chi connectivity index (χ3v) is 2.95. The molecule has 0 aliphatic carbocycles. The third-order valence-electron chi connectivity index (χ3n) is 2.95. The largest absolute Gasteiger partial charge is 0.349 e. The second kappa shape index (κ2) is 6.08. The summed E-state index contributed by atoms with van der Waals surface area (Å²) in [5, 5.41) is 2.98. The Kier molecular flexibility index (Phi) is 5.83. The van der Waals surface area contributed by atoms with Gasteiger partial charge in [-0.1, -0.05) is 13.8 Å². The molecule has 0 fully saturated rings. The van der Waals surface area contributed by atoms with Crippen molar-refractivity contribution in [2.45, 2.75) is 52.1 Å². The Morgan fingerprint density at radius 3 is 2.27 bits per heavy atom. The maximum Gasteiger partial charge on any atom is 0.220 e. The third kappa shape index (κ3) is 5.14. The van der Waals surface area contributed by atoms with E-state index in [9.17, 15) is 4.79 Å². The van der Waals surface area contributed by atoms with Gasteiger partial charge < -0.3 is 16.8 Å². The molecule has 2 unspecified atom stereocenters. The molecule has 0 bridgehead atoms. The second-order valence-corrected chi connectivity index (χ2v) is 4.84. The first-order chi connectivity index (χ1) is 6.81. The van der Waals surface area contributed by atoms with Crippen LogP contribution in [0.1, 0.15) is 40.5 Å². The molecule has 0 saturated carbocycles. The van der Waals surface area contributed by atoms with E-state index in [1.165, 1.54) is 0 Å². The summed E-state index contributed by atoms with van der Waals surface area (Å²) in [5.74, 6) is 0.357. The smallest absolute Gasteiger partial charge is 0.220 e. The van der Waals surface area contributed by atoms with Gasteiger partial charge in [-0.2, -0.15) is 0 Å². The molecule has 2 atom stereocenters. The van der Waals surface area contributed by atoms with E-state index in [4.69, 9.17) is 11.5 Å². The topological polar surface area (TPSA) is 81.1 Å². The molecule has 4 heteroatoms. The van der Waals surface area contributed by atoms with Crippen molar-refractivity contribution in [2.75, 3.05) is 6.54 Å². The van der Waals surface area contributed by atoms with E-state index in [2.05, 4.69) is 19.2 Å². The Morgan fingerprint density at radius 1 is 1.40 bits per heavy atom. The summed E-state index contributed by atoms with van der Waals surface area (Å²) in [7, 11) is 0. The average molecular weight is 215 g/mol. The highest BCUT2D eigenvalue weighted by Gasteiger charge is 2.28. The number of hydrogen-bond acceptors (Lipinski definition) is 3. The summed E-state index contributed by atoms with van der Waals surface area (Å²) in [6.07, 6.45) is 1.19. The quantitative estimate of drug-likeness (QED) is 0.607. The van der Waals surface area contributed by atoms with Crippen molar-refractivity contribution < 1.29 is 4.79 Å². The lowest BCUT2D eigenvalue weighted by Gasteiger charge is -2.33. The van der Waals surface area contributed by atoms with E-state index >= 15 is 0 Å². The monoisotopic (exact) mass is 215 g/mol. The number of nitrogens with one attached hydrogen (secondary N) is 1. The molecular weight excluding hydrogens is 190 g/mol. The summed E-state index contributed by atoms with van der Waals surface area (Å²) < 4.78 is 0. The van der Waals surface area contributed by atoms with Crippen LogP contribution in [-0.4, -0.2) is 24.0 Å². The number of carbonyl (C=O) groups excluding carboxylic acids is 1. The fourth-order valence-corrected chi connectivity index (χ4v) is 1.17. The van der Waals surface area contributed by atoms with Crippen molar-refractivity contribution in [3.63, 3.8) is 0 Å². The van der Waals surface area contributed by atoms with Crippen molar-refractivity contribution >= 4 is 5.91 Å². The number of hydrogen-bond donors (Lipinski definition) is 3. The predicted molar refractivity (Wildman–Crippen MR) is 63.3 cm³/mol. The first-order valence-corrected chi connectivity index (χ1v) is 5.58. The van der Waals surface area contributed by atoms with Gasteiger partial charge in [0.05, 0.1) is 5.54 Å². The van der Waals surface area contributed by atoms with Gasteiger partial charge in [0, 0.05) is 19.0 Å². The van der Waals surface area contributed by atoms with Crippen molar-refractivity contribution in [1.29, 1.82) is 0 Å². The molecule has 0 aromatic heterocycles. The first kappa shape index (κ1) is 14.4. The van der Waals surface area contributed by atoms with Gasteiger partial charge in [-0.25, -0.2) is 0 Å². The molecule has 0 spiro atoms. The van der Waals surface area contributed by atoms with E-state index in [1.54, 1.807) is 0 Å². The summed E-state index contributed by atoms with van der Waals surface area (Å²) >= 11 is 0. The lowest BCUT2D eigenvalue weighted by atomic mass is 9.88. The Morgan fingerprint density at radius 2 is 1.93 bits per heavy atom. The molecule has 4 nitrogen and oxygen atoms in total. The molecule has 0 aromatic rings. The van der Waals surface area contributed by atoms with Crippen LogP contribution < -0.4 is 16.8 Å². The minimum absolute atomic E-state index is 0.0361. The number of amides is 1. The molecule has 0 rings (SSSR count). The van der Waals surface area contributed by atoms with Crippen LogP contribution in [0.5, 0.6) is 0 Å². The van der Waals surface area contributed by atoms with Crippen molar-refractivity contribution in [3.8, 4) is 0 Å². The fraction of sp³-hybridized carbons (Fsp3) is 0.909. The SMILES string of the molecule is CC(N)CCC(=O)NC(C)(CN)C(C)C. The van der Waals surface area contributed by atoms with Crippen LogP contribution in [0.15, 0.2) is 0 Å². The lowest BCUT2D eigenvalue weighted by Crippen LogP contribution is -2.55. The number of rotatable bonds is 6. The highest BCUT2D eigenvalue weighted by atomic mass is 16.1. The van der Waals surface area contributed by atoms with Crippen molar-refractivity contribution in [3.05, 3.63) is 0 Å². The summed E-state index contributed by atoms with van der Waals surface area (Å²) in [6.45, 7) is 8.44. The standard InChI is InChI=1S/C11H25N3O/c1-8(2)11(4,7-12)14-10(15)6-5-9(3)13/h8-9H,5-7,12-13H2,1-4H3,(H,14,15). The summed E-state index contributed by atoms with van der Waals surface area (Å²) in [6, 6.07) is 0.0685. The molecule has 0 radical (unpaired) electrons. The highest BCUT2D eigenvalue weighted by Crippen LogP contribution is 2.15. The van der Waals surface area contributed by atoms with Gasteiger partial charge in [-0.3, -0.25) is 4.79 Å². The Labute approximate surface area is 92.8 Å². The van der Waals surface area contributed by atoms with Crippen LogP contribution in [0.4, 0.5) is 0 Å². The van der Waals surface area contributed by atoms with E-state index in [-0.39, 0.29) is 17.5 Å². The summed E-state index contributed by atoms with van der Waals surface area (Å²) in [5.41, 5.74) is 11.0. The Hall–Kier alpha value is -0.610. The van der Waals surface area contributed by atoms with Crippen LogP contribution in [0.3, 0.4) is 0 Å². The van der Waals surface area contributed by atoms with Gasteiger partial charge in [0.15, 0.2) is 0 Å². The fourth-order valence-electron chi connectivity index (χ4n) is 1.17. The zero-order valence-corrected chi connectivity index (χ0v) is 10.3. The van der Waals surface area contributed by atoms with Gasteiger partial charge in [0.25, 0.3) is 0 Å². The zero-order valence-electron chi connectivity index (χ0n) is 10.3. The molecule has 1 amide bonds. The van der Waals surface area contributed by atoms with E-state index in [0.717, 1.165) is 0 Å². The zero-order chi connectivity index (χ0) is 12.1. The van der Waals surface area contributed by atoms with Crippen LogP contribution in [-0.2, 0) is 4.79 Å². The molecule has 0 saturated heterocycles. The van der Waals surface area contributed by atoms with E-state index < -0.39 is 0 Å². The minimum Gasteiger partial charge on any atom is -0.349 e. The van der Waals surface area contributed by atoms with Crippen LogP contribution in [0.2, 0.25) is 0 Å². The summed E-state index contributed by atoms with van der Waals surface area (Å²) in [4.78, 5) is 11.6. The van der Waals surface area contributed by atoms with Crippen LogP contribution in [0, 0.1) is 5.92 Å². The molecule has 5 N–H and O–H groups in total. The molecule has 0 heterocycles. The number of carbonyl (C=O) groups is 1. The maximum absolute atomic E-state index is 11.6. The van der Waals surface area contributed by atoms with Gasteiger partial charge in [0.1, 0.15) is 0 Å². The average Bonchev–Trinajstić information content (AvgIpc) is 2.14.